The molecule has 0 aromatic heterocycles. The molecule has 0 saturated heterocycles. The van der Waals surface area contributed by atoms with E-state index in [2.05, 4.69) is 0 Å². The average molecular weight is 397 g/mol. The lowest BCUT2D eigenvalue weighted by Crippen LogP contribution is -2.07. The van der Waals surface area contributed by atoms with E-state index in [1.54, 1.807) is 36.0 Å². The number of ether oxygens (including phenoxy) is 1. The molecule has 0 radical (unpaired) electrons. The number of phenolic OH excluding ortho intramolecular Hbond substituents is 1. The Kier molecular flexibility index (Phi) is 8.61. The standard InChI is InChI=1S/C17H19ClN2O3S.C2H6/c1-9(21)23-8-10-5-16(20)13(7-15(10)19)17(24-2)12-4-3-11(22)6-14(12)18;1-2/h3-7,17,22H,8,19-20H2,1-2H3;1-2H3. The van der Waals surface area contributed by atoms with Gasteiger partial charge in [-0.25, -0.2) is 0 Å². The minimum Gasteiger partial charge on any atom is -0.508 e. The van der Waals surface area contributed by atoms with Crippen molar-refractivity contribution in [2.75, 3.05) is 17.7 Å². The molecule has 0 spiro atoms. The second-order valence-corrected chi connectivity index (χ2v) is 6.63. The molecule has 0 saturated carbocycles. The van der Waals surface area contributed by atoms with E-state index in [9.17, 15) is 9.90 Å². The highest BCUT2D eigenvalue weighted by Crippen LogP contribution is 2.42. The number of nitrogens with two attached hydrogens (primary N) is 2. The van der Waals surface area contributed by atoms with Crippen molar-refractivity contribution in [2.24, 2.45) is 0 Å². The Bertz CT molecular complexity index is 769. The third-order valence-electron chi connectivity index (χ3n) is 3.56. The van der Waals surface area contributed by atoms with Gasteiger partial charge < -0.3 is 21.3 Å². The Hall–Kier alpha value is -2.05. The summed E-state index contributed by atoms with van der Waals surface area (Å²) in [4.78, 5) is 11.0. The molecule has 0 amide bonds. The number of nitrogen functional groups attached to an aromatic ring is 2. The van der Waals surface area contributed by atoms with Crippen LogP contribution in [0.2, 0.25) is 5.02 Å². The summed E-state index contributed by atoms with van der Waals surface area (Å²) in [6.45, 7) is 5.42. The molecule has 1 atom stereocenters. The van der Waals surface area contributed by atoms with Crippen LogP contribution in [0.25, 0.3) is 0 Å². The second-order valence-electron chi connectivity index (χ2n) is 5.28. The summed E-state index contributed by atoms with van der Waals surface area (Å²) in [5.41, 5.74) is 15.6. The molecule has 0 aliphatic heterocycles. The summed E-state index contributed by atoms with van der Waals surface area (Å²) in [6, 6.07) is 8.33. The lowest BCUT2D eigenvalue weighted by molar-refractivity contribution is -0.142. The van der Waals surface area contributed by atoms with Crippen LogP contribution in [0.1, 0.15) is 42.7 Å². The number of benzene rings is 2. The Morgan fingerprint density at radius 1 is 1.19 bits per heavy atom. The molecule has 5 nitrogen and oxygen atoms in total. The Morgan fingerprint density at radius 2 is 1.85 bits per heavy atom. The van der Waals surface area contributed by atoms with Gasteiger partial charge in [0.2, 0.25) is 0 Å². The lowest BCUT2D eigenvalue weighted by Gasteiger charge is -2.20. The maximum atomic E-state index is 11.0. The Balaban J connectivity index is 0.00000163. The largest absolute Gasteiger partial charge is 0.508 e. The monoisotopic (exact) mass is 396 g/mol. The van der Waals surface area contributed by atoms with E-state index in [1.165, 1.54) is 13.0 Å². The van der Waals surface area contributed by atoms with Gasteiger partial charge in [0.1, 0.15) is 12.4 Å². The van der Waals surface area contributed by atoms with Gasteiger partial charge in [0.05, 0.1) is 5.25 Å². The zero-order valence-corrected chi connectivity index (χ0v) is 16.9. The van der Waals surface area contributed by atoms with Gasteiger partial charge in [0.15, 0.2) is 0 Å². The smallest absolute Gasteiger partial charge is 0.302 e. The van der Waals surface area contributed by atoms with Crippen molar-refractivity contribution in [3.63, 3.8) is 0 Å². The third kappa shape index (κ3) is 5.47. The maximum absolute atomic E-state index is 11.0. The first kappa shape index (κ1) is 22.0. The molecule has 0 aliphatic carbocycles. The van der Waals surface area contributed by atoms with Gasteiger partial charge in [-0.15, -0.1) is 0 Å². The van der Waals surface area contributed by atoms with Gasteiger partial charge in [0.25, 0.3) is 0 Å². The van der Waals surface area contributed by atoms with Gasteiger partial charge in [-0.05, 0) is 41.6 Å². The molecule has 1 unspecified atom stereocenters. The molecule has 0 heterocycles. The second kappa shape index (κ2) is 10.2. The molecule has 2 aromatic rings. The molecule has 142 valence electrons. The van der Waals surface area contributed by atoms with E-state index in [1.807, 2.05) is 20.1 Å². The zero-order valence-electron chi connectivity index (χ0n) is 15.4. The SMILES string of the molecule is CC.CSC(c1cc(N)c(COC(C)=O)cc1N)c1ccc(O)cc1Cl. The van der Waals surface area contributed by atoms with Crippen molar-refractivity contribution in [3.05, 3.63) is 52.0 Å². The highest BCUT2D eigenvalue weighted by atomic mass is 35.5. The van der Waals surface area contributed by atoms with Gasteiger partial charge in [-0.3, -0.25) is 4.79 Å². The summed E-state index contributed by atoms with van der Waals surface area (Å²) < 4.78 is 4.98. The van der Waals surface area contributed by atoms with E-state index >= 15 is 0 Å². The van der Waals surface area contributed by atoms with Crippen LogP contribution in [0.4, 0.5) is 11.4 Å². The number of hydrogen-bond acceptors (Lipinski definition) is 6. The average Bonchev–Trinajstić information content (AvgIpc) is 2.60. The van der Waals surface area contributed by atoms with Crippen LogP contribution in [-0.2, 0) is 16.1 Å². The highest BCUT2D eigenvalue weighted by Gasteiger charge is 2.20. The predicted molar refractivity (Wildman–Crippen MR) is 111 cm³/mol. The van der Waals surface area contributed by atoms with Crippen molar-refractivity contribution in [1.82, 2.24) is 0 Å². The van der Waals surface area contributed by atoms with Crippen molar-refractivity contribution < 1.29 is 14.6 Å². The summed E-state index contributed by atoms with van der Waals surface area (Å²) >= 11 is 7.81. The van der Waals surface area contributed by atoms with Crippen molar-refractivity contribution in [3.8, 4) is 5.75 Å². The molecule has 2 rings (SSSR count). The number of hydrogen-bond donors (Lipinski definition) is 3. The molecular weight excluding hydrogens is 372 g/mol. The normalized spacial score (nSPS) is 11.3. The van der Waals surface area contributed by atoms with E-state index < -0.39 is 0 Å². The molecular formula is C19H25ClN2O3S. The lowest BCUT2D eigenvalue weighted by atomic mass is 9.99. The molecule has 0 bridgehead atoms. The summed E-state index contributed by atoms with van der Waals surface area (Å²) in [5.74, 6) is -0.275. The van der Waals surface area contributed by atoms with E-state index in [0.717, 1.165) is 11.1 Å². The van der Waals surface area contributed by atoms with Crippen LogP contribution in [0.3, 0.4) is 0 Å². The van der Waals surface area contributed by atoms with Gasteiger partial charge in [-0.1, -0.05) is 31.5 Å². The quantitative estimate of drug-likeness (QED) is 0.498. The molecule has 0 fully saturated rings. The van der Waals surface area contributed by atoms with E-state index in [0.29, 0.717) is 22.0 Å². The van der Waals surface area contributed by atoms with Crippen LogP contribution < -0.4 is 11.5 Å². The number of aromatic hydroxyl groups is 1. The summed E-state index contributed by atoms with van der Waals surface area (Å²) in [6.07, 6.45) is 1.94. The zero-order chi connectivity index (χ0) is 19.9. The molecule has 5 N–H and O–H groups in total. The van der Waals surface area contributed by atoms with Crippen LogP contribution in [0, 0.1) is 0 Å². The first-order valence-corrected chi connectivity index (χ1v) is 9.82. The maximum Gasteiger partial charge on any atom is 0.302 e. The Morgan fingerprint density at radius 3 is 2.38 bits per heavy atom. The number of anilines is 2. The van der Waals surface area contributed by atoms with Gasteiger partial charge >= 0.3 is 5.97 Å². The number of esters is 1. The fourth-order valence-corrected chi connectivity index (χ4v) is 3.65. The van der Waals surface area contributed by atoms with Crippen LogP contribution in [-0.4, -0.2) is 17.3 Å². The first-order valence-electron chi connectivity index (χ1n) is 8.15. The highest BCUT2D eigenvalue weighted by molar-refractivity contribution is 7.99. The van der Waals surface area contributed by atoms with Crippen LogP contribution in [0.5, 0.6) is 5.75 Å². The van der Waals surface area contributed by atoms with Crippen LogP contribution >= 0.6 is 23.4 Å². The number of rotatable bonds is 5. The molecule has 7 heteroatoms. The molecule has 0 aliphatic rings. The number of halogens is 1. The fraction of sp³-hybridized carbons (Fsp3) is 0.316. The first-order chi connectivity index (χ1) is 12.3. The van der Waals surface area contributed by atoms with E-state index in [-0.39, 0.29) is 23.6 Å². The van der Waals surface area contributed by atoms with E-state index in [4.69, 9.17) is 27.8 Å². The van der Waals surface area contributed by atoms with Crippen LogP contribution in [0.15, 0.2) is 30.3 Å². The number of phenols is 1. The predicted octanol–water partition coefficient (Wildman–Crippen LogP) is 4.75. The fourth-order valence-electron chi connectivity index (χ4n) is 2.38. The van der Waals surface area contributed by atoms with Gasteiger partial charge in [0, 0.05) is 28.9 Å². The minimum atomic E-state index is -0.380. The minimum absolute atomic E-state index is 0.0789. The van der Waals surface area contributed by atoms with Gasteiger partial charge in [-0.2, -0.15) is 11.8 Å². The number of thioether (sulfide) groups is 1. The van der Waals surface area contributed by atoms with Crippen molar-refractivity contribution in [1.29, 1.82) is 0 Å². The number of carbonyl (C=O) groups excluding carboxylic acids is 1. The molecule has 26 heavy (non-hydrogen) atoms. The summed E-state index contributed by atoms with van der Waals surface area (Å²) in [7, 11) is 0. The topological polar surface area (TPSA) is 98.6 Å². The summed E-state index contributed by atoms with van der Waals surface area (Å²) in [5, 5.41) is 9.84. The van der Waals surface area contributed by atoms with Crippen molar-refractivity contribution >= 4 is 40.7 Å². The molecule has 2 aromatic carbocycles. The Labute approximate surface area is 163 Å². The number of carbonyl (C=O) groups is 1. The van der Waals surface area contributed by atoms with Crippen molar-refractivity contribution in [2.45, 2.75) is 32.6 Å². The third-order valence-corrected chi connectivity index (χ3v) is 4.87.